The van der Waals surface area contributed by atoms with Crippen LogP contribution in [-0.4, -0.2) is 19.3 Å². The molecular formula is C17H14O5. The first kappa shape index (κ1) is 14.0. The lowest BCUT2D eigenvalue weighted by Crippen LogP contribution is -2.02. The van der Waals surface area contributed by atoms with Crippen LogP contribution in [0.15, 0.2) is 51.7 Å². The number of aromatic hydroxyl groups is 1. The summed E-state index contributed by atoms with van der Waals surface area (Å²) in [6.45, 7) is 0. The molecule has 22 heavy (non-hydrogen) atoms. The Hall–Kier alpha value is -2.95. The van der Waals surface area contributed by atoms with Gasteiger partial charge in [0.05, 0.1) is 19.6 Å². The molecule has 3 rings (SSSR count). The van der Waals surface area contributed by atoms with Crippen molar-refractivity contribution in [3.63, 3.8) is 0 Å². The first-order valence-electron chi connectivity index (χ1n) is 6.62. The largest absolute Gasteiger partial charge is 0.502 e. The molecule has 0 bridgehead atoms. The Labute approximate surface area is 126 Å². The number of hydrogen-bond donors (Lipinski definition) is 1. The molecule has 5 heteroatoms. The van der Waals surface area contributed by atoms with E-state index in [0.717, 1.165) is 0 Å². The Morgan fingerprint density at radius 3 is 2.45 bits per heavy atom. The highest BCUT2D eigenvalue weighted by Gasteiger charge is 2.16. The molecule has 0 aliphatic carbocycles. The molecule has 0 aliphatic rings. The van der Waals surface area contributed by atoms with Gasteiger partial charge in [-0.1, -0.05) is 12.1 Å². The lowest BCUT2D eigenvalue weighted by Gasteiger charge is -2.08. The van der Waals surface area contributed by atoms with Crippen molar-refractivity contribution in [1.82, 2.24) is 0 Å². The smallest absolute Gasteiger partial charge is 0.235 e. The zero-order valence-corrected chi connectivity index (χ0v) is 12.1. The average Bonchev–Trinajstić information content (AvgIpc) is 2.57. The molecule has 2 aromatic carbocycles. The summed E-state index contributed by atoms with van der Waals surface area (Å²) in [5.74, 6) is 0.846. The van der Waals surface area contributed by atoms with Crippen LogP contribution >= 0.6 is 0 Å². The molecule has 0 spiro atoms. The molecule has 1 aromatic heterocycles. The van der Waals surface area contributed by atoms with Crippen LogP contribution in [0.1, 0.15) is 0 Å². The van der Waals surface area contributed by atoms with E-state index in [1.54, 1.807) is 49.6 Å². The highest BCUT2D eigenvalue weighted by molar-refractivity contribution is 5.83. The van der Waals surface area contributed by atoms with Crippen molar-refractivity contribution in [2.24, 2.45) is 0 Å². The number of benzene rings is 2. The van der Waals surface area contributed by atoms with Crippen molar-refractivity contribution >= 4 is 11.0 Å². The number of fused-ring (bicyclic) bond motifs is 1. The second-order valence-corrected chi connectivity index (χ2v) is 4.70. The summed E-state index contributed by atoms with van der Waals surface area (Å²) >= 11 is 0. The third kappa shape index (κ3) is 2.26. The lowest BCUT2D eigenvalue weighted by atomic mass is 10.1. The summed E-state index contributed by atoms with van der Waals surface area (Å²) in [4.78, 5) is 12.3. The van der Waals surface area contributed by atoms with E-state index in [2.05, 4.69) is 0 Å². The van der Waals surface area contributed by atoms with Crippen LogP contribution < -0.4 is 14.9 Å². The van der Waals surface area contributed by atoms with Crippen molar-refractivity contribution in [3.05, 3.63) is 52.7 Å². The van der Waals surface area contributed by atoms with Gasteiger partial charge in [0.15, 0.2) is 5.76 Å². The van der Waals surface area contributed by atoms with E-state index in [-0.39, 0.29) is 5.76 Å². The second kappa shape index (κ2) is 5.44. The summed E-state index contributed by atoms with van der Waals surface area (Å²) in [6.07, 6.45) is 0. The first-order chi connectivity index (χ1) is 10.6. The maximum Gasteiger partial charge on any atom is 0.235 e. The minimum Gasteiger partial charge on any atom is -0.502 e. The van der Waals surface area contributed by atoms with Crippen molar-refractivity contribution in [3.8, 4) is 28.6 Å². The maximum atomic E-state index is 12.3. The van der Waals surface area contributed by atoms with E-state index in [1.807, 2.05) is 0 Å². The van der Waals surface area contributed by atoms with E-state index in [1.165, 1.54) is 7.11 Å². The fourth-order valence-electron chi connectivity index (χ4n) is 2.25. The van der Waals surface area contributed by atoms with Gasteiger partial charge in [-0.3, -0.25) is 4.79 Å². The number of hydrogen-bond acceptors (Lipinski definition) is 5. The summed E-state index contributed by atoms with van der Waals surface area (Å²) in [5.41, 5.74) is 0.417. The van der Waals surface area contributed by atoms with Crippen molar-refractivity contribution in [1.29, 1.82) is 0 Å². The van der Waals surface area contributed by atoms with Gasteiger partial charge in [-0.05, 0) is 24.3 Å². The molecule has 0 amide bonds. The van der Waals surface area contributed by atoms with E-state index < -0.39 is 11.2 Å². The van der Waals surface area contributed by atoms with Gasteiger partial charge in [0, 0.05) is 11.6 Å². The Morgan fingerprint density at radius 1 is 1.00 bits per heavy atom. The molecule has 5 nitrogen and oxygen atoms in total. The molecule has 1 N–H and O–H groups in total. The van der Waals surface area contributed by atoms with Crippen LogP contribution in [0.5, 0.6) is 17.2 Å². The minimum absolute atomic E-state index is 0.102. The van der Waals surface area contributed by atoms with Gasteiger partial charge in [0.2, 0.25) is 11.2 Å². The van der Waals surface area contributed by atoms with E-state index >= 15 is 0 Å². The van der Waals surface area contributed by atoms with E-state index in [4.69, 9.17) is 13.9 Å². The molecule has 0 radical (unpaired) electrons. The molecule has 0 saturated heterocycles. The highest BCUT2D eigenvalue weighted by atomic mass is 16.5. The van der Waals surface area contributed by atoms with Gasteiger partial charge in [0.25, 0.3) is 0 Å². The Balaban J connectivity index is 2.29. The fourth-order valence-corrected chi connectivity index (χ4v) is 2.25. The molecule has 112 valence electrons. The van der Waals surface area contributed by atoms with Crippen molar-refractivity contribution < 1.29 is 19.0 Å². The van der Waals surface area contributed by atoms with Crippen molar-refractivity contribution in [2.45, 2.75) is 0 Å². The van der Waals surface area contributed by atoms with Crippen LogP contribution in [0.3, 0.4) is 0 Å². The molecule has 0 atom stereocenters. The minimum atomic E-state index is -0.485. The van der Waals surface area contributed by atoms with Gasteiger partial charge in [-0.15, -0.1) is 0 Å². The first-order valence-corrected chi connectivity index (χ1v) is 6.62. The monoisotopic (exact) mass is 298 g/mol. The van der Waals surface area contributed by atoms with Crippen LogP contribution in [0, 0.1) is 0 Å². The van der Waals surface area contributed by atoms with Crippen LogP contribution in [-0.2, 0) is 0 Å². The van der Waals surface area contributed by atoms with Crippen LogP contribution in [0.4, 0.5) is 0 Å². The molecule has 0 unspecified atom stereocenters. The molecule has 0 fully saturated rings. The van der Waals surface area contributed by atoms with Crippen LogP contribution in [0.25, 0.3) is 22.3 Å². The molecule has 0 aliphatic heterocycles. The fraction of sp³-hybridized carbons (Fsp3) is 0.118. The topological polar surface area (TPSA) is 68.9 Å². The zero-order chi connectivity index (χ0) is 15.7. The molecule has 3 aromatic rings. The average molecular weight is 298 g/mol. The Bertz CT molecular complexity index is 895. The third-order valence-electron chi connectivity index (χ3n) is 3.41. The lowest BCUT2D eigenvalue weighted by molar-refractivity contribution is 0.413. The SMILES string of the molecule is COc1cccc(-c2oc3cc(OC)ccc3c(=O)c2O)c1. The Morgan fingerprint density at radius 2 is 1.73 bits per heavy atom. The van der Waals surface area contributed by atoms with E-state index in [9.17, 15) is 9.90 Å². The zero-order valence-electron chi connectivity index (χ0n) is 12.1. The normalized spacial score (nSPS) is 10.6. The number of methoxy groups -OCH3 is 2. The molecular weight excluding hydrogens is 284 g/mol. The van der Waals surface area contributed by atoms with Gasteiger partial charge in [-0.2, -0.15) is 0 Å². The van der Waals surface area contributed by atoms with Gasteiger partial charge >= 0.3 is 0 Å². The highest BCUT2D eigenvalue weighted by Crippen LogP contribution is 2.32. The standard InChI is InChI=1S/C17H14O5/c1-20-11-5-3-4-10(8-11)17-16(19)15(18)13-7-6-12(21-2)9-14(13)22-17/h3-9,19H,1-2H3. The molecule has 0 saturated carbocycles. The number of ether oxygens (including phenoxy) is 2. The summed E-state index contributed by atoms with van der Waals surface area (Å²) in [7, 11) is 3.07. The second-order valence-electron chi connectivity index (χ2n) is 4.70. The van der Waals surface area contributed by atoms with E-state index in [0.29, 0.717) is 28.0 Å². The van der Waals surface area contributed by atoms with Crippen molar-refractivity contribution in [2.75, 3.05) is 14.2 Å². The van der Waals surface area contributed by atoms with Gasteiger partial charge < -0.3 is 19.0 Å². The Kier molecular flexibility index (Phi) is 3.47. The predicted molar refractivity (Wildman–Crippen MR) is 82.7 cm³/mol. The molecule has 1 heterocycles. The third-order valence-corrected chi connectivity index (χ3v) is 3.41. The summed E-state index contributed by atoms with van der Waals surface area (Å²) in [6, 6.07) is 11.8. The van der Waals surface area contributed by atoms with Crippen LogP contribution in [0.2, 0.25) is 0 Å². The van der Waals surface area contributed by atoms with Gasteiger partial charge in [0.1, 0.15) is 17.1 Å². The van der Waals surface area contributed by atoms with Gasteiger partial charge in [-0.25, -0.2) is 0 Å². The predicted octanol–water partition coefficient (Wildman–Crippen LogP) is 3.18. The number of rotatable bonds is 3. The quantitative estimate of drug-likeness (QED) is 0.804. The summed E-state index contributed by atoms with van der Waals surface area (Å²) < 4.78 is 16.0. The maximum absolute atomic E-state index is 12.3. The summed E-state index contributed by atoms with van der Waals surface area (Å²) in [5, 5.41) is 10.5.